The van der Waals surface area contributed by atoms with Gasteiger partial charge in [-0.2, -0.15) is 0 Å². The van der Waals surface area contributed by atoms with E-state index in [1.165, 1.54) is 6.07 Å². The summed E-state index contributed by atoms with van der Waals surface area (Å²) in [6, 6.07) is 10.5. The summed E-state index contributed by atoms with van der Waals surface area (Å²) in [4.78, 5) is 25.1. The number of anilines is 3. The van der Waals surface area contributed by atoms with Crippen LogP contribution in [-0.2, 0) is 4.79 Å². The maximum absolute atomic E-state index is 14.0. The highest BCUT2D eigenvalue weighted by molar-refractivity contribution is 6.02. The molecular weight excluding hydrogens is 407 g/mol. The molecule has 0 bridgehead atoms. The summed E-state index contributed by atoms with van der Waals surface area (Å²) >= 11 is 0. The minimum Gasteiger partial charge on any atom is -0.338 e. The molecule has 0 aliphatic carbocycles. The maximum Gasteiger partial charge on any atom is 0.250 e. The molecule has 2 aromatic carbocycles. The lowest BCUT2D eigenvalue weighted by atomic mass is 10.2. The van der Waals surface area contributed by atoms with Crippen LogP contribution in [0.25, 0.3) is 16.6 Å². The fourth-order valence-corrected chi connectivity index (χ4v) is 3.41. The van der Waals surface area contributed by atoms with Gasteiger partial charge in [0.15, 0.2) is 5.82 Å². The summed E-state index contributed by atoms with van der Waals surface area (Å²) in [5.41, 5.74) is 4.19. The third-order valence-corrected chi connectivity index (χ3v) is 5.30. The van der Waals surface area contributed by atoms with E-state index in [9.17, 15) is 9.18 Å². The largest absolute Gasteiger partial charge is 0.338 e. The topological polar surface area (TPSA) is 65.8 Å². The summed E-state index contributed by atoms with van der Waals surface area (Å²) in [5, 5.41) is 3.23. The van der Waals surface area contributed by atoms with Crippen LogP contribution in [-0.4, -0.2) is 52.9 Å². The number of carbonyl (C=O) groups excluding carboxylic acids is 1. The molecule has 1 N–H and O–H groups in total. The highest BCUT2D eigenvalue weighted by Gasteiger charge is 2.14. The van der Waals surface area contributed by atoms with Crippen LogP contribution in [0.1, 0.15) is 5.56 Å². The zero-order valence-corrected chi connectivity index (χ0v) is 18.5. The normalized spacial score (nSPS) is 11.7. The van der Waals surface area contributed by atoms with Gasteiger partial charge in [0.05, 0.1) is 23.6 Å². The Morgan fingerprint density at radius 3 is 2.78 bits per heavy atom. The minimum atomic E-state index is -0.280. The van der Waals surface area contributed by atoms with Crippen LogP contribution in [0.3, 0.4) is 0 Å². The van der Waals surface area contributed by atoms with E-state index in [1.54, 1.807) is 43.5 Å². The molecule has 0 unspecified atom stereocenters. The fourth-order valence-electron chi connectivity index (χ4n) is 3.41. The smallest absolute Gasteiger partial charge is 0.250 e. The van der Waals surface area contributed by atoms with Gasteiger partial charge in [-0.3, -0.25) is 9.20 Å². The van der Waals surface area contributed by atoms with Crippen molar-refractivity contribution in [3.05, 3.63) is 72.5 Å². The predicted octanol–water partition coefficient (Wildman–Crippen LogP) is 4.15. The lowest BCUT2D eigenvalue weighted by molar-refractivity contribution is -0.113. The number of carbonyl (C=O) groups is 1. The van der Waals surface area contributed by atoms with Gasteiger partial charge in [0.2, 0.25) is 5.91 Å². The molecule has 0 aliphatic rings. The number of fused-ring (bicyclic) bond motifs is 3. The Morgan fingerprint density at radius 2 is 2.00 bits per heavy atom. The van der Waals surface area contributed by atoms with Crippen molar-refractivity contribution in [3.63, 3.8) is 0 Å². The molecule has 0 spiro atoms. The molecule has 2 aromatic heterocycles. The van der Waals surface area contributed by atoms with Crippen LogP contribution in [0.15, 0.2) is 61.1 Å². The second-order valence-electron chi connectivity index (χ2n) is 7.88. The van der Waals surface area contributed by atoms with Crippen molar-refractivity contribution in [1.82, 2.24) is 19.3 Å². The monoisotopic (exact) mass is 432 g/mol. The van der Waals surface area contributed by atoms with Gasteiger partial charge >= 0.3 is 0 Å². The Morgan fingerprint density at radius 1 is 1.19 bits per heavy atom. The summed E-state index contributed by atoms with van der Waals surface area (Å²) in [7, 11) is 5.64. The molecule has 164 valence electrons. The lowest BCUT2D eigenvalue weighted by Gasteiger charge is -2.17. The first-order valence-corrected chi connectivity index (χ1v) is 10.2. The number of rotatable bonds is 6. The Kier molecular flexibility index (Phi) is 5.87. The number of hydrogen-bond donors (Lipinski definition) is 1. The number of aromatic nitrogens is 3. The third kappa shape index (κ3) is 4.17. The van der Waals surface area contributed by atoms with Gasteiger partial charge in [0, 0.05) is 36.6 Å². The van der Waals surface area contributed by atoms with Gasteiger partial charge in [-0.15, -0.1) is 0 Å². The van der Waals surface area contributed by atoms with Crippen LogP contribution in [0.5, 0.6) is 0 Å². The van der Waals surface area contributed by atoms with Gasteiger partial charge in [-0.1, -0.05) is 12.1 Å². The molecule has 0 atom stereocenters. The first kappa shape index (κ1) is 21.5. The van der Waals surface area contributed by atoms with Crippen molar-refractivity contribution in [3.8, 4) is 0 Å². The van der Waals surface area contributed by atoms with E-state index >= 15 is 0 Å². The molecular formula is C24H25FN6O. The number of benzene rings is 2. The van der Waals surface area contributed by atoms with Crippen LogP contribution < -0.4 is 10.2 Å². The predicted molar refractivity (Wildman–Crippen MR) is 126 cm³/mol. The van der Waals surface area contributed by atoms with E-state index in [2.05, 4.69) is 10.3 Å². The van der Waals surface area contributed by atoms with Gasteiger partial charge in [0.1, 0.15) is 11.3 Å². The number of amides is 1. The number of nitrogens with zero attached hydrogens (tertiary/aromatic N) is 5. The second-order valence-corrected chi connectivity index (χ2v) is 7.88. The van der Waals surface area contributed by atoms with E-state index in [4.69, 9.17) is 4.98 Å². The summed E-state index contributed by atoms with van der Waals surface area (Å²) in [6.07, 6.45) is 6.81. The fraction of sp³-hybridized carbons (Fsp3) is 0.208. The number of likely N-dealkylation sites (N-methyl/N-ethyl adjacent to an activating group) is 2. The number of nitrogens with one attached hydrogen (secondary N) is 1. The maximum atomic E-state index is 14.0. The van der Waals surface area contributed by atoms with Crippen LogP contribution in [0.4, 0.5) is 21.6 Å². The molecule has 32 heavy (non-hydrogen) atoms. The average molecular weight is 433 g/mol. The first-order chi connectivity index (χ1) is 15.3. The van der Waals surface area contributed by atoms with Gasteiger partial charge < -0.3 is 15.1 Å². The van der Waals surface area contributed by atoms with E-state index < -0.39 is 0 Å². The molecule has 8 heteroatoms. The molecule has 2 heterocycles. The number of halogens is 1. The second kappa shape index (κ2) is 8.76. The van der Waals surface area contributed by atoms with Gasteiger partial charge in [-0.05, 0) is 51.4 Å². The average Bonchev–Trinajstić information content (AvgIpc) is 3.26. The summed E-state index contributed by atoms with van der Waals surface area (Å²) < 4.78 is 15.9. The van der Waals surface area contributed by atoms with Crippen molar-refractivity contribution in [2.24, 2.45) is 0 Å². The quantitative estimate of drug-likeness (QED) is 0.464. The molecule has 0 saturated heterocycles. The molecule has 4 rings (SSSR count). The minimum absolute atomic E-state index is 0.110. The summed E-state index contributed by atoms with van der Waals surface area (Å²) in [5.74, 6) is 0.186. The standard InChI is InChI=1S/C24H25FN6O/c1-16-18(25)7-5-8-19(16)27-24-22-14-26-15-31(22)21-13-17(10-11-20(21)28-24)30(4)23(32)9-6-12-29(2)3/h5-11,13-15H,12H2,1-4H3,(H,27,28)/b9-6+. The lowest BCUT2D eigenvalue weighted by Crippen LogP contribution is -2.24. The molecule has 0 fully saturated rings. The van der Waals surface area contributed by atoms with Crippen molar-refractivity contribution in [1.29, 1.82) is 0 Å². The van der Waals surface area contributed by atoms with Crippen molar-refractivity contribution >= 4 is 39.6 Å². The zero-order chi connectivity index (χ0) is 22.8. The first-order valence-electron chi connectivity index (χ1n) is 10.2. The SMILES string of the molecule is Cc1c(F)cccc1Nc1nc2ccc(N(C)C(=O)/C=C/CN(C)C)cc2n2cncc12. The molecule has 0 saturated carbocycles. The third-order valence-electron chi connectivity index (χ3n) is 5.30. The van der Waals surface area contributed by atoms with E-state index in [-0.39, 0.29) is 11.7 Å². The highest BCUT2D eigenvalue weighted by atomic mass is 19.1. The number of imidazole rings is 1. The van der Waals surface area contributed by atoms with E-state index in [0.29, 0.717) is 23.6 Å². The van der Waals surface area contributed by atoms with Crippen LogP contribution in [0, 0.1) is 12.7 Å². The van der Waals surface area contributed by atoms with E-state index in [1.807, 2.05) is 53.7 Å². The van der Waals surface area contributed by atoms with E-state index in [0.717, 1.165) is 22.2 Å². The Balaban J connectivity index is 1.71. The van der Waals surface area contributed by atoms with Crippen molar-refractivity contribution < 1.29 is 9.18 Å². The van der Waals surface area contributed by atoms with Crippen molar-refractivity contribution in [2.75, 3.05) is 37.9 Å². The molecule has 0 radical (unpaired) electrons. The molecule has 1 amide bonds. The van der Waals surface area contributed by atoms with Gasteiger partial charge in [0.25, 0.3) is 0 Å². The molecule has 7 nitrogen and oxygen atoms in total. The Hall–Kier alpha value is -3.78. The van der Waals surface area contributed by atoms with Crippen LogP contribution in [0.2, 0.25) is 0 Å². The highest BCUT2D eigenvalue weighted by Crippen LogP contribution is 2.29. The van der Waals surface area contributed by atoms with Crippen LogP contribution >= 0.6 is 0 Å². The Labute approximate surface area is 185 Å². The summed E-state index contributed by atoms with van der Waals surface area (Å²) in [6.45, 7) is 2.41. The molecule has 4 aromatic rings. The number of hydrogen-bond acceptors (Lipinski definition) is 5. The Bertz CT molecular complexity index is 1330. The van der Waals surface area contributed by atoms with Gasteiger partial charge in [-0.25, -0.2) is 14.4 Å². The molecule has 0 aliphatic heterocycles. The zero-order valence-electron chi connectivity index (χ0n) is 18.5. The van der Waals surface area contributed by atoms with Crippen molar-refractivity contribution in [2.45, 2.75) is 6.92 Å².